The van der Waals surface area contributed by atoms with Crippen LogP contribution in [0.4, 0.5) is 13.2 Å². The summed E-state index contributed by atoms with van der Waals surface area (Å²) in [5, 5.41) is 0. The highest BCUT2D eigenvalue weighted by Crippen LogP contribution is 2.45. The van der Waals surface area contributed by atoms with Gasteiger partial charge < -0.3 is 9.47 Å². The topological polar surface area (TPSA) is 18.5 Å². The molecule has 190 valence electrons. The fourth-order valence-corrected chi connectivity index (χ4v) is 5.74. The summed E-state index contributed by atoms with van der Waals surface area (Å²) in [5.74, 6) is -0.0374. The molecule has 2 aromatic carbocycles. The molecule has 0 saturated heterocycles. The monoisotopic (exact) mass is 486 g/mol. The van der Waals surface area contributed by atoms with E-state index in [2.05, 4.69) is 6.08 Å². The molecule has 0 aromatic heterocycles. The Morgan fingerprint density at radius 1 is 0.857 bits per heavy atom. The lowest BCUT2D eigenvalue weighted by molar-refractivity contribution is 0.218. The van der Waals surface area contributed by atoms with Gasteiger partial charge in [-0.15, -0.1) is 0 Å². The van der Waals surface area contributed by atoms with Gasteiger partial charge in [-0.1, -0.05) is 25.5 Å². The molecule has 1 saturated carbocycles. The molecule has 1 atom stereocenters. The molecule has 0 N–H and O–H groups in total. The first-order valence-electron chi connectivity index (χ1n) is 13.2. The van der Waals surface area contributed by atoms with Crippen molar-refractivity contribution in [1.82, 2.24) is 0 Å². The second kappa shape index (κ2) is 12.0. The standard InChI is InChI=1S/C30H37F3O2/c1-3-5-18-35-28-17-16-26(29(32)30(28)33)23-12-8-21(9-13-23)20-6-10-22(11-7-20)25-15-14-24(34-4-2)19-27(25)31/h10,14-17,19-21,23H,3-9,11-13,18H2,1-2H3/t20?,21-,23-. The van der Waals surface area contributed by atoms with Crippen LogP contribution in [0.25, 0.3) is 5.57 Å². The lowest BCUT2D eigenvalue weighted by Gasteiger charge is -2.36. The van der Waals surface area contributed by atoms with Gasteiger partial charge in [-0.05, 0) is 105 Å². The van der Waals surface area contributed by atoms with Crippen LogP contribution in [-0.2, 0) is 0 Å². The minimum Gasteiger partial charge on any atom is -0.494 e. The second-order valence-corrected chi connectivity index (χ2v) is 9.93. The summed E-state index contributed by atoms with van der Waals surface area (Å²) in [5.41, 5.74) is 2.24. The maximum absolute atomic E-state index is 14.8. The maximum Gasteiger partial charge on any atom is 0.200 e. The third-order valence-corrected chi connectivity index (χ3v) is 7.76. The number of unbranched alkanes of at least 4 members (excludes halogenated alkanes) is 1. The average molecular weight is 487 g/mol. The Kier molecular flexibility index (Phi) is 8.80. The molecule has 0 amide bonds. The van der Waals surface area contributed by atoms with Crippen LogP contribution in [0, 0.1) is 29.3 Å². The van der Waals surface area contributed by atoms with Crippen LogP contribution < -0.4 is 9.47 Å². The first-order chi connectivity index (χ1) is 17.0. The lowest BCUT2D eigenvalue weighted by Crippen LogP contribution is -2.23. The van der Waals surface area contributed by atoms with Gasteiger partial charge >= 0.3 is 0 Å². The molecule has 0 heterocycles. The summed E-state index contributed by atoms with van der Waals surface area (Å²) in [6.07, 6.45) is 10.6. The summed E-state index contributed by atoms with van der Waals surface area (Å²) in [6.45, 7) is 4.84. The molecule has 2 aliphatic carbocycles. The van der Waals surface area contributed by atoms with Gasteiger partial charge in [0.1, 0.15) is 11.6 Å². The van der Waals surface area contributed by atoms with Crippen molar-refractivity contribution in [2.75, 3.05) is 13.2 Å². The van der Waals surface area contributed by atoms with Gasteiger partial charge in [0.05, 0.1) is 13.2 Å². The van der Waals surface area contributed by atoms with Crippen LogP contribution in [-0.4, -0.2) is 13.2 Å². The first kappa shape index (κ1) is 25.7. The van der Waals surface area contributed by atoms with E-state index >= 15 is 0 Å². The summed E-state index contributed by atoms with van der Waals surface area (Å²) < 4.78 is 54.7. The molecule has 0 spiro atoms. The van der Waals surface area contributed by atoms with Crippen LogP contribution in [0.5, 0.6) is 11.5 Å². The van der Waals surface area contributed by atoms with Crippen LogP contribution in [0.2, 0.25) is 0 Å². The highest BCUT2D eigenvalue weighted by molar-refractivity contribution is 5.67. The zero-order valence-corrected chi connectivity index (χ0v) is 20.9. The number of allylic oxidation sites excluding steroid dienone is 2. The molecular formula is C30H37F3O2. The predicted octanol–water partition coefficient (Wildman–Crippen LogP) is 8.84. The van der Waals surface area contributed by atoms with Crippen molar-refractivity contribution in [1.29, 1.82) is 0 Å². The van der Waals surface area contributed by atoms with Crippen LogP contribution >= 0.6 is 0 Å². The maximum atomic E-state index is 14.8. The van der Waals surface area contributed by atoms with Gasteiger partial charge in [0.25, 0.3) is 0 Å². The lowest BCUT2D eigenvalue weighted by atomic mass is 9.70. The van der Waals surface area contributed by atoms with Gasteiger partial charge in [0.2, 0.25) is 5.82 Å². The summed E-state index contributed by atoms with van der Waals surface area (Å²) >= 11 is 0. The summed E-state index contributed by atoms with van der Waals surface area (Å²) in [4.78, 5) is 0. The van der Waals surface area contributed by atoms with Crippen molar-refractivity contribution in [3.63, 3.8) is 0 Å². The molecule has 35 heavy (non-hydrogen) atoms. The fraction of sp³-hybridized carbons (Fsp3) is 0.533. The molecular weight excluding hydrogens is 449 g/mol. The smallest absolute Gasteiger partial charge is 0.200 e. The Bertz CT molecular complexity index is 1020. The second-order valence-electron chi connectivity index (χ2n) is 9.93. The third-order valence-electron chi connectivity index (χ3n) is 7.76. The van der Waals surface area contributed by atoms with Crippen molar-refractivity contribution < 1.29 is 22.6 Å². The molecule has 4 rings (SSSR count). The molecule has 2 aromatic rings. The van der Waals surface area contributed by atoms with E-state index in [0.29, 0.717) is 41.9 Å². The number of benzene rings is 2. The number of rotatable bonds is 9. The molecule has 0 aliphatic heterocycles. The predicted molar refractivity (Wildman–Crippen MR) is 134 cm³/mol. The van der Waals surface area contributed by atoms with E-state index in [-0.39, 0.29) is 17.5 Å². The molecule has 1 fully saturated rings. The normalized spacial score (nSPS) is 22.5. The molecule has 0 radical (unpaired) electrons. The zero-order valence-electron chi connectivity index (χ0n) is 20.9. The summed E-state index contributed by atoms with van der Waals surface area (Å²) in [7, 11) is 0. The van der Waals surface area contributed by atoms with Crippen molar-refractivity contribution in [3.8, 4) is 11.5 Å². The molecule has 1 unspecified atom stereocenters. The Morgan fingerprint density at radius 3 is 2.31 bits per heavy atom. The van der Waals surface area contributed by atoms with E-state index in [9.17, 15) is 13.2 Å². The minimum atomic E-state index is -0.854. The number of halogens is 3. The quantitative estimate of drug-likeness (QED) is 0.330. The Morgan fingerprint density at radius 2 is 1.66 bits per heavy atom. The Hall–Kier alpha value is -2.43. The van der Waals surface area contributed by atoms with Gasteiger partial charge in [0, 0.05) is 11.6 Å². The zero-order chi connectivity index (χ0) is 24.8. The first-order valence-corrected chi connectivity index (χ1v) is 13.2. The SMILES string of the molecule is CCCCOc1ccc([C@H]2CC[C@H](C3CC=C(c4ccc(OCC)cc4F)CC3)CC2)c(F)c1F. The van der Waals surface area contributed by atoms with E-state index in [1.54, 1.807) is 12.1 Å². The Balaban J connectivity index is 1.33. The van der Waals surface area contributed by atoms with Crippen molar-refractivity contribution in [3.05, 3.63) is 65.0 Å². The van der Waals surface area contributed by atoms with Crippen LogP contribution in [0.3, 0.4) is 0 Å². The highest BCUT2D eigenvalue weighted by Gasteiger charge is 2.31. The average Bonchev–Trinajstić information content (AvgIpc) is 2.87. The van der Waals surface area contributed by atoms with Gasteiger partial charge in [-0.2, -0.15) is 4.39 Å². The van der Waals surface area contributed by atoms with Gasteiger partial charge in [-0.25, -0.2) is 8.78 Å². The van der Waals surface area contributed by atoms with E-state index < -0.39 is 11.6 Å². The van der Waals surface area contributed by atoms with Gasteiger partial charge in [0.15, 0.2) is 11.6 Å². The number of ether oxygens (including phenoxy) is 2. The van der Waals surface area contributed by atoms with Crippen molar-refractivity contribution in [2.24, 2.45) is 11.8 Å². The Labute approximate surface area is 207 Å². The molecule has 2 nitrogen and oxygen atoms in total. The van der Waals surface area contributed by atoms with Crippen LogP contribution in [0.1, 0.15) is 88.7 Å². The summed E-state index contributed by atoms with van der Waals surface area (Å²) in [6, 6.07) is 8.43. The van der Waals surface area contributed by atoms with Gasteiger partial charge in [-0.3, -0.25) is 0 Å². The van der Waals surface area contributed by atoms with Crippen LogP contribution in [0.15, 0.2) is 36.4 Å². The van der Waals surface area contributed by atoms with E-state index in [4.69, 9.17) is 9.47 Å². The number of hydrogen-bond acceptors (Lipinski definition) is 2. The minimum absolute atomic E-state index is 0.0159. The van der Waals surface area contributed by atoms with Crippen molar-refractivity contribution in [2.45, 2.75) is 77.6 Å². The molecule has 5 heteroatoms. The third kappa shape index (κ3) is 6.05. The largest absolute Gasteiger partial charge is 0.494 e. The number of hydrogen-bond donors (Lipinski definition) is 0. The fourth-order valence-electron chi connectivity index (χ4n) is 5.74. The molecule has 0 bridgehead atoms. The van der Waals surface area contributed by atoms with Crippen molar-refractivity contribution >= 4 is 5.57 Å². The van der Waals surface area contributed by atoms with E-state index in [0.717, 1.165) is 63.4 Å². The van der Waals surface area contributed by atoms with E-state index in [1.165, 1.54) is 6.07 Å². The van der Waals surface area contributed by atoms with E-state index in [1.807, 2.05) is 26.0 Å². The molecule has 2 aliphatic rings. The highest BCUT2D eigenvalue weighted by atomic mass is 19.2.